The fourth-order valence-electron chi connectivity index (χ4n) is 2.78. The summed E-state index contributed by atoms with van der Waals surface area (Å²) in [6.45, 7) is 3.26. The summed E-state index contributed by atoms with van der Waals surface area (Å²) in [4.78, 5) is 46.0. The molecule has 0 aliphatic carbocycles. The monoisotopic (exact) mass is 460 g/mol. The molecule has 2 N–H and O–H groups in total. The Morgan fingerprint density at radius 3 is 1.06 bits per heavy atom. The van der Waals surface area contributed by atoms with Crippen LogP contribution in [0.4, 0.5) is 11.4 Å². The number of anilines is 2. The molecule has 8 heteroatoms. The Bertz CT molecular complexity index is 1070. The Balaban J connectivity index is 1.54. The number of hydrogen-bond donors (Lipinski definition) is 2. The smallest absolute Gasteiger partial charge is 0.291 e. The largest absolute Gasteiger partial charge is 0.457 e. The van der Waals surface area contributed by atoms with Crippen molar-refractivity contribution in [2.45, 2.75) is 26.7 Å². The van der Waals surface area contributed by atoms with Crippen LogP contribution in [0, 0.1) is 0 Å². The van der Waals surface area contributed by atoms with Crippen LogP contribution in [-0.4, -0.2) is 23.4 Å². The number of amides is 2. The second-order valence-electron chi connectivity index (χ2n) is 7.19. The zero-order valence-electron chi connectivity index (χ0n) is 18.8. The van der Waals surface area contributed by atoms with E-state index in [-0.39, 0.29) is 12.8 Å². The number of ketones is 2. The minimum atomic E-state index is -0.641. The number of rotatable bonds is 10. The molecule has 0 aromatic heterocycles. The lowest BCUT2D eigenvalue weighted by Gasteiger charge is -2.10. The van der Waals surface area contributed by atoms with Crippen molar-refractivity contribution in [1.82, 2.24) is 0 Å². The molecule has 0 bridgehead atoms. The highest BCUT2D eigenvalue weighted by atomic mass is 16.5. The zero-order chi connectivity index (χ0) is 24.5. The standard InChI is InChI=1S/C26H24N2O6/c1-3-23(29)25(31)27-17-5-9-19(10-6-17)33-21-13-15-22(16-14-21)34-20-11-7-18(8-12-20)28-26(32)24(30)4-2/h5-16H,3-4H2,1-2H3,(H,27,31)(H,28,32). The third kappa shape index (κ3) is 6.77. The summed E-state index contributed by atoms with van der Waals surface area (Å²) in [5, 5.41) is 5.08. The van der Waals surface area contributed by atoms with Crippen LogP contribution in [0.15, 0.2) is 72.8 Å². The number of Topliss-reactive ketones (excluding diaryl/α,β-unsaturated/α-hetero) is 2. The van der Waals surface area contributed by atoms with Crippen LogP contribution in [0.3, 0.4) is 0 Å². The average Bonchev–Trinajstić information content (AvgIpc) is 2.86. The van der Waals surface area contributed by atoms with Crippen LogP contribution in [0.5, 0.6) is 23.0 Å². The molecule has 2 amide bonds. The second kappa shape index (κ2) is 11.4. The first-order valence-corrected chi connectivity index (χ1v) is 10.7. The van der Waals surface area contributed by atoms with Gasteiger partial charge in [0.25, 0.3) is 11.8 Å². The van der Waals surface area contributed by atoms with E-state index in [1.807, 2.05) is 0 Å². The molecule has 8 nitrogen and oxygen atoms in total. The summed E-state index contributed by atoms with van der Waals surface area (Å²) >= 11 is 0. The van der Waals surface area contributed by atoms with Crippen molar-refractivity contribution in [3.63, 3.8) is 0 Å². The highest BCUT2D eigenvalue weighted by Crippen LogP contribution is 2.28. The van der Waals surface area contributed by atoms with Crippen molar-refractivity contribution >= 4 is 34.8 Å². The first-order chi connectivity index (χ1) is 16.4. The van der Waals surface area contributed by atoms with Gasteiger partial charge in [-0.15, -0.1) is 0 Å². The molecule has 34 heavy (non-hydrogen) atoms. The Morgan fingerprint density at radius 1 is 0.529 bits per heavy atom. The third-order valence-corrected chi connectivity index (χ3v) is 4.67. The number of ether oxygens (including phenoxy) is 2. The van der Waals surface area contributed by atoms with Gasteiger partial charge in [-0.3, -0.25) is 19.2 Å². The van der Waals surface area contributed by atoms with E-state index in [0.29, 0.717) is 34.4 Å². The first-order valence-electron chi connectivity index (χ1n) is 10.7. The van der Waals surface area contributed by atoms with Crippen molar-refractivity contribution in [2.75, 3.05) is 10.6 Å². The molecule has 0 saturated heterocycles. The van der Waals surface area contributed by atoms with Gasteiger partial charge in [0, 0.05) is 24.2 Å². The van der Waals surface area contributed by atoms with Crippen molar-refractivity contribution in [3.05, 3.63) is 72.8 Å². The van der Waals surface area contributed by atoms with E-state index < -0.39 is 23.4 Å². The molecule has 0 radical (unpaired) electrons. The van der Waals surface area contributed by atoms with Gasteiger partial charge in [0.1, 0.15) is 23.0 Å². The number of nitrogens with one attached hydrogen (secondary N) is 2. The molecule has 174 valence electrons. The van der Waals surface area contributed by atoms with Crippen LogP contribution in [0.2, 0.25) is 0 Å². The summed E-state index contributed by atoms with van der Waals surface area (Å²) in [7, 11) is 0. The molecular formula is C26H24N2O6. The molecule has 3 rings (SSSR count). The van der Waals surface area contributed by atoms with Crippen molar-refractivity contribution in [3.8, 4) is 23.0 Å². The molecule has 0 fully saturated rings. The number of benzene rings is 3. The molecule has 0 saturated carbocycles. The quantitative estimate of drug-likeness (QED) is 0.407. The lowest BCUT2D eigenvalue weighted by atomic mass is 10.2. The highest BCUT2D eigenvalue weighted by Gasteiger charge is 2.12. The Labute approximate surface area is 196 Å². The maximum absolute atomic E-state index is 11.6. The summed E-state index contributed by atoms with van der Waals surface area (Å²) in [6.07, 6.45) is 0.301. The van der Waals surface area contributed by atoms with E-state index in [1.54, 1.807) is 86.6 Å². The van der Waals surface area contributed by atoms with E-state index in [4.69, 9.17) is 9.47 Å². The van der Waals surface area contributed by atoms with Crippen LogP contribution in [-0.2, 0) is 19.2 Å². The Morgan fingerprint density at radius 2 is 0.794 bits per heavy atom. The van der Waals surface area contributed by atoms with Crippen molar-refractivity contribution < 1.29 is 28.7 Å². The van der Waals surface area contributed by atoms with Crippen molar-refractivity contribution in [1.29, 1.82) is 0 Å². The minimum absolute atomic E-state index is 0.150. The van der Waals surface area contributed by atoms with Crippen molar-refractivity contribution in [2.24, 2.45) is 0 Å². The Hall–Kier alpha value is -4.46. The number of hydrogen-bond acceptors (Lipinski definition) is 6. The minimum Gasteiger partial charge on any atom is -0.457 e. The summed E-state index contributed by atoms with van der Waals surface area (Å²) in [6, 6.07) is 20.3. The van der Waals surface area contributed by atoms with Gasteiger partial charge in [0.2, 0.25) is 11.6 Å². The molecule has 0 spiro atoms. The van der Waals surface area contributed by atoms with Gasteiger partial charge in [-0.2, -0.15) is 0 Å². The van der Waals surface area contributed by atoms with Gasteiger partial charge >= 0.3 is 0 Å². The van der Waals surface area contributed by atoms with Crippen LogP contribution in [0.1, 0.15) is 26.7 Å². The molecule has 3 aromatic rings. The molecule has 0 atom stereocenters. The summed E-state index contributed by atoms with van der Waals surface area (Å²) in [5.74, 6) is 0.0614. The zero-order valence-corrected chi connectivity index (χ0v) is 18.8. The lowest BCUT2D eigenvalue weighted by Crippen LogP contribution is -2.21. The Kier molecular flexibility index (Phi) is 8.12. The maximum atomic E-state index is 11.6. The molecule has 0 heterocycles. The highest BCUT2D eigenvalue weighted by molar-refractivity contribution is 6.41. The van der Waals surface area contributed by atoms with Gasteiger partial charge in [-0.25, -0.2) is 0 Å². The number of carbonyl (C=O) groups is 4. The van der Waals surface area contributed by atoms with Gasteiger partial charge in [-0.05, 0) is 72.8 Å². The predicted octanol–water partition coefficient (Wildman–Crippen LogP) is 5.11. The molecule has 3 aromatic carbocycles. The maximum Gasteiger partial charge on any atom is 0.291 e. The normalized spacial score (nSPS) is 10.2. The first kappa shape index (κ1) is 24.2. The van der Waals surface area contributed by atoms with Crippen LogP contribution >= 0.6 is 0 Å². The molecule has 0 aliphatic rings. The third-order valence-electron chi connectivity index (χ3n) is 4.67. The van der Waals surface area contributed by atoms with Gasteiger partial charge in [0.05, 0.1) is 0 Å². The van der Waals surface area contributed by atoms with E-state index in [1.165, 1.54) is 0 Å². The fraction of sp³-hybridized carbons (Fsp3) is 0.154. The fourth-order valence-corrected chi connectivity index (χ4v) is 2.78. The van der Waals surface area contributed by atoms with E-state index in [2.05, 4.69) is 10.6 Å². The van der Waals surface area contributed by atoms with Crippen LogP contribution < -0.4 is 20.1 Å². The SMILES string of the molecule is CCC(=O)C(=O)Nc1ccc(Oc2ccc(Oc3ccc(NC(=O)C(=O)CC)cc3)cc2)cc1. The predicted molar refractivity (Wildman–Crippen MR) is 127 cm³/mol. The van der Waals surface area contributed by atoms with Gasteiger partial charge in [-0.1, -0.05) is 13.8 Å². The average molecular weight is 460 g/mol. The summed E-state index contributed by atoms with van der Waals surface area (Å²) in [5.41, 5.74) is 1.01. The molecular weight excluding hydrogens is 436 g/mol. The van der Waals surface area contributed by atoms with E-state index in [9.17, 15) is 19.2 Å². The van der Waals surface area contributed by atoms with E-state index in [0.717, 1.165) is 0 Å². The van der Waals surface area contributed by atoms with Gasteiger partial charge < -0.3 is 20.1 Å². The van der Waals surface area contributed by atoms with Gasteiger partial charge in [0.15, 0.2) is 0 Å². The van der Waals surface area contributed by atoms with E-state index >= 15 is 0 Å². The second-order valence-corrected chi connectivity index (χ2v) is 7.19. The molecule has 0 aliphatic heterocycles. The number of carbonyl (C=O) groups excluding carboxylic acids is 4. The lowest BCUT2D eigenvalue weighted by molar-refractivity contribution is -0.134. The summed E-state index contributed by atoms with van der Waals surface area (Å²) < 4.78 is 11.6. The topological polar surface area (TPSA) is 111 Å². The molecule has 0 unspecified atom stereocenters. The van der Waals surface area contributed by atoms with Crippen LogP contribution in [0.25, 0.3) is 0 Å².